The van der Waals surface area contributed by atoms with E-state index in [1.54, 1.807) is 4.90 Å². The average Bonchev–Trinajstić information content (AvgIpc) is 2.71. The topological polar surface area (TPSA) is 40.6 Å². The van der Waals surface area contributed by atoms with Crippen LogP contribution in [0.1, 0.15) is 62.2 Å². The zero-order valence-corrected chi connectivity index (χ0v) is 14.7. The number of hydrogen-bond acceptors (Lipinski definition) is 2. The van der Waals surface area contributed by atoms with E-state index in [0.717, 1.165) is 25.1 Å². The third-order valence-electron chi connectivity index (χ3n) is 5.28. The average molecular weight is 328 g/mol. The number of anilines is 1. The van der Waals surface area contributed by atoms with Crippen molar-refractivity contribution >= 4 is 17.5 Å². The van der Waals surface area contributed by atoms with Gasteiger partial charge in [-0.1, -0.05) is 44.7 Å². The molecule has 0 aromatic heterocycles. The number of benzene rings is 1. The standard InChI is InChI=1S/C20H28N2O2/c1-2-3-13-22-18-12-8-7-11-17(18)20(24)21(15-19(22)23)14-16-9-5-4-6-10-16/h7-8,11-12,16H,2-6,9-10,13-15H2,1H3. The largest absolute Gasteiger partial charge is 0.329 e. The van der Waals surface area contributed by atoms with Crippen molar-refractivity contribution in [3.05, 3.63) is 29.8 Å². The molecule has 1 aromatic carbocycles. The molecule has 4 heteroatoms. The molecule has 3 rings (SSSR count). The first-order chi connectivity index (χ1) is 11.7. The Hall–Kier alpha value is -1.84. The zero-order valence-electron chi connectivity index (χ0n) is 14.7. The van der Waals surface area contributed by atoms with Gasteiger partial charge in [-0.3, -0.25) is 9.59 Å². The zero-order chi connectivity index (χ0) is 16.9. The SMILES string of the molecule is CCCCN1C(=O)CN(CC2CCCCC2)C(=O)c2ccccc21. The number of fused-ring (bicyclic) bond motifs is 1. The van der Waals surface area contributed by atoms with Gasteiger partial charge in [-0.2, -0.15) is 0 Å². The number of amides is 2. The smallest absolute Gasteiger partial charge is 0.256 e. The van der Waals surface area contributed by atoms with Crippen molar-refractivity contribution in [3.8, 4) is 0 Å². The maximum Gasteiger partial charge on any atom is 0.256 e. The minimum Gasteiger partial charge on any atom is -0.329 e. The van der Waals surface area contributed by atoms with E-state index in [1.165, 1.54) is 32.1 Å². The first-order valence-electron chi connectivity index (χ1n) is 9.39. The molecule has 1 saturated carbocycles. The van der Waals surface area contributed by atoms with Gasteiger partial charge in [-0.15, -0.1) is 0 Å². The Balaban J connectivity index is 1.84. The van der Waals surface area contributed by atoms with Crippen LogP contribution in [0.4, 0.5) is 5.69 Å². The molecule has 24 heavy (non-hydrogen) atoms. The summed E-state index contributed by atoms with van der Waals surface area (Å²) in [6.45, 7) is 3.75. The highest BCUT2D eigenvalue weighted by Gasteiger charge is 2.32. The van der Waals surface area contributed by atoms with Crippen LogP contribution >= 0.6 is 0 Å². The van der Waals surface area contributed by atoms with E-state index in [1.807, 2.05) is 29.2 Å². The lowest BCUT2D eigenvalue weighted by Gasteiger charge is -2.28. The van der Waals surface area contributed by atoms with Gasteiger partial charge in [-0.25, -0.2) is 0 Å². The molecule has 1 aromatic rings. The molecule has 1 aliphatic heterocycles. The van der Waals surface area contributed by atoms with E-state index in [2.05, 4.69) is 6.92 Å². The van der Waals surface area contributed by atoms with Crippen molar-refractivity contribution in [2.45, 2.75) is 51.9 Å². The van der Waals surface area contributed by atoms with Crippen LogP contribution in [-0.2, 0) is 4.79 Å². The van der Waals surface area contributed by atoms with Crippen molar-refractivity contribution in [2.75, 3.05) is 24.5 Å². The van der Waals surface area contributed by atoms with E-state index in [4.69, 9.17) is 0 Å². The second-order valence-electron chi connectivity index (χ2n) is 7.11. The molecule has 0 N–H and O–H groups in total. The van der Waals surface area contributed by atoms with Crippen LogP contribution in [0, 0.1) is 5.92 Å². The fourth-order valence-electron chi connectivity index (χ4n) is 3.91. The first kappa shape index (κ1) is 17.0. The molecule has 0 atom stereocenters. The van der Waals surface area contributed by atoms with Gasteiger partial charge in [0.05, 0.1) is 11.3 Å². The second-order valence-corrected chi connectivity index (χ2v) is 7.11. The molecule has 130 valence electrons. The minimum absolute atomic E-state index is 0.0171. The van der Waals surface area contributed by atoms with E-state index in [-0.39, 0.29) is 18.4 Å². The Bertz CT molecular complexity index is 593. The Morgan fingerprint density at radius 2 is 1.83 bits per heavy atom. The van der Waals surface area contributed by atoms with E-state index in [9.17, 15) is 9.59 Å². The summed E-state index contributed by atoms with van der Waals surface area (Å²) in [5.74, 6) is 0.617. The van der Waals surface area contributed by atoms with Gasteiger partial charge in [0.2, 0.25) is 5.91 Å². The highest BCUT2D eigenvalue weighted by atomic mass is 16.2. The Morgan fingerprint density at radius 1 is 1.08 bits per heavy atom. The molecule has 1 fully saturated rings. The molecule has 1 heterocycles. The van der Waals surface area contributed by atoms with Gasteiger partial charge in [-0.05, 0) is 37.3 Å². The summed E-state index contributed by atoms with van der Waals surface area (Å²) in [5.41, 5.74) is 1.46. The number of rotatable bonds is 5. The molecule has 0 spiro atoms. The molecule has 0 saturated heterocycles. The summed E-state index contributed by atoms with van der Waals surface area (Å²) in [4.78, 5) is 29.4. The molecule has 0 radical (unpaired) electrons. The number of nitrogens with zero attached hydrogens (tertiary/aromatic N) is 2. The second kappa shape index (κ2) is 7.82. The maximum atomic E-state index is 13.0. The number of carbonyl (C=O) groups is 2. The van der Waals surface area contributed by atoms with E-state index < -0.39 is 0 Å². The van der Waals surface area contributed by atoms with Crippen molar-refractivity contribution in [3.63, 3.8) is 0 Å². The van der Waals surface area contributed by atoms with Crippen LogP contribution in [0.15, 0.2) is 24.3 Å². The Labute approximate surface area is 144 Å². The predicted octanol–water partition coefficient (Wildman–Crippen LogP) is 3.86. The van der Waals surface area contributed by atoms with Gasteiger partial charge >= 0.3 is 0 Å². The lowest BCUT2D eigenvalue weighted by Crippen LogP contribution is -2.42. The third-order valence-corrected chi connectivity index (χ3v) is 5.28. The normalized spacial score (nSPS) is 19.4. The van der Waals surface area contributed by atoms with Crippen molar-refractivity contribution in [2.24, 2.45) is 5.92 Å². The van der Waals surface area contributed by atoms with Crippen LogP contribution in [-0.4, -0.2) is 36.3 Å². The highest BCUT2D eigenvalue weighted by molar-refractivity contribution is 6.09. The van der Waals surface area contributed by atoms with Crippen molar-refractivity contribution in [1.82, 2.24) is 4.90 Å². The van der Waals surface area contributed by atoms with Gasteiger partial charge < -0.3 is 9.80 Å². The lowest BCUT2D eigenvalue weighted by molar-refractivity contribution is -0.119. The van der Waals surface area contributed by atoms with Crippen LogP contribution in [0.2, 0.25) is 0 Å². The van der Waals surface area contributed by atoms with Crippen LogP contribution in [0.25, 0.3) is 0 Å². The Kier molecular flexibility index (Phi) is 5.54. The first-order valence-corrected chi connectivity index (χ1v) is 9.39. The number of para-hydroxylation sites is 1. The van der Waals surface area contributed by atoms with Gasteiger partial charge in [0.15, 0.2) is 0 Å². The molecule has 4 nitrogen and oxygen atoms in total. The van der Waals surface area contributed by atoms with E-state index >= 15 is 0 Å². The number of carbonyl (C=O) groups excluding carboxylic acids is 2. The molecule has 0 bridgehead atoms. The molecular formula is C20H28N2O2. The van der Waals surface area contributed by atoms with Gasteiger partial charge in [0.25, 0.3) is 5.91 Å². The van der Waals surface area contributed by atoms with Crippen LogP contribution in [0.5, 0.6) is 0 Å². The maximum absolute atomic E-state index is 13.0. The van der Waals surface area contributed by atoms with Gasteiger partial charge in [0, 0.05) is 13.1 Å². The summed E-state index contributed by atoms with van der Waals surface area (Å²) < 4.78 is 0. The van der Waals surface area contributed by atoms with Crippen molar-refractivity contribution < 1.29 is 9.59 Å². The van der Waals surface area contributed by atoms with Crippen LogP contribution < -0.4 is 4.90 Å². The van der Waals surface area contributed by atoms with Crippen molar-refractivity contribution in [1.29, 1.82) is 0 Å². The van der Waals surface area contributed by atoms with Crippen LogP contribution in [0.3, 0.4) is 0 Å². The molecule has 0 unspecified atom stereocenters. The molecule has 2 amide bonds. The summed E-state index contributed by atoms with van der Waals surface area (Å²) in [7, 11) is 0. The number of hydrogen-bond donors (Lipinski definition) is 0. The minimum atomic E-state index is 0.0171. The molecule has 1 aliphatic carbocycles. The summed E-state index contributed by atoms with van der Waals surface area (Å²) in [5, 5.41) is 0. The third kappa shape index (κ3) is 3.63. The Morgan fingerprint density at radius 3 is 2.58 bits per heavy atom. The molecular weight excluding hydrogens is 300 g/mol. The monoisotopic (exact) mass is 328 g/mol. The fourth-order valence-corrected chi connectivity index (χ4v) is 3.91. The predicted molar refractivity (Wildman–Crippen MR) is 96.2 cm³/mol. The molecule has 2 aliphatic rings. The van der Waals surface area contributed by atoms with E-state index in [0.29, 0.717) is 18.0 Å². The quantitative estimate of drug-likeness (QED) is 0.823. The van der Waals surface area contributed by atoms with Gasteiger partial charge in [0.1, 0.15) is 6.54 Å². The number of unbranched alkanes of at least 4 members (excludes halogenated alkanes) is 1. The summed E-state index contributed by atoms with van der Waals surface area (Å²) >= 11 is 0. The summed E-state index contributed by atoms with van der Waals surface area (Å²) in [6.07, 6.45) is 8.15. The highest BCUT2D eigenvalue weighted by Crippen LogP contribution is 2.29. The lowest BCUT2D eigenvalue weighted by atomic mass is 9.89. The fraction of sp³-hybridized carbons (Fsp3) is 0.600. The summed E-state index contributed by atoms with van der Waals surface area (Å²) in [6, 6.07) is 7.58.